The summed E-state index contributed by atoms with van der Waals surface area (Å²) < 4.78 is 12.0. The molecule has 2 nitrogen and oxygen atoms in total. The van der Waals surface area contributed by atoms with Crippen molar-refractivity contribution < 1.29 is 9.47 Å². The van der Waals surface area contributed by atoms with E-state index < -0.39 is 0 Å². The van der Waals surface area contributed by atoms with Gasteiger partial charge in [0, 0.05) is 0 Å². The first-order valence-corrected chi connectivity index (χ1v) is 5.78. The second-order valence-corrected chi connectivity index (χ2v) is 6.03. The van der Waals surface area contributed by atoms with E-state index in [9.17, 15) is 0 Å². The van der Waals surface area contributed by atoms with Crippen LogP contribution in [0.15, 0.2) is 12.2 Å². The van der Waals surface area contributed by atoms with E-state index in [2.05, 4.69) is 53.7 Å². The van der Waals surface area contributed by atoms with Crippen LogP contribution in [0, 0.1) is 5.41 Å². The van der Waals surface area contributed by atoms with Crippen molar-refractivity contribution in [1.82, 2.24) is 0 Å². The standard InChI is InChI=1S/C13H22O2/c1-9-7-8-13(14-9,11(3,4)5)12(6)10(2)15-12/h7-10H,1-6H3. The second kappa shape index (κ2) is 2.86. The van der Waals surface area contributed by atoms with Gasteiger partial charge in [-0.3, -0.25) is 0 Å². The summed E-state index contributed by atoms with van der Waals surface area (Å²) in [4.78, 5) is 0. The molecule has 0 aromatic rings. The molecule has 1 fully saturated rings. The van der Waals surface area contributed by atoms with Crippen LogP contribution in [0.3, 0.4) is 0 Å². The Hall–Kier alpha value is -0.340. The molecule has 2 rings (SSSR count). The topological polar surface area (TPSA) is 21.8 Å². The number of epoxide rings is 1. The molecule has 15 heavy (non-hydrogen) atoms. The third-order valence-electron chi connectivity index (χ3n) is 3.97. The minimum absolute atomic E-state index is 0.0494. The largest absolute Gasteiger partial charge is 0.363 e. The van der Waals surface area contributed by atoms with Gasteiger partial charge in [-0.1, -0.05) is 32.9 Å². The van der Waals surface area contributed by atoms with Gasteiger partial charge in [-0.25, -0.2) is 0 Å². The summed E-state index contributed by atoms with van der Waals surface area (Å²) in [6.07, 6.45) is 4.83. The molecule has 0 N–H and O–H groups in total. The molecule has 0 amide bonds. The molecule has 0 spiro atoms. The average molecular weight is 210 g/mol. The van der Waals surface area contributed by atoms with Gasteiger partial charge >= 0.3 is 0 Å². The van der Waals surface area contributed by atoms with E-state index >= 15 is 0 Å². The minimum atomic E-state index is -0.279. The summed E-state index contributed by atoms with van der Waals surface area (Å²) in [5.74, 6) is 0. The lowest BCUT2D eigenvalue weighted by atomic mass is 9.68. The predicted molar refractivity (Wildman–Crippen MR) is 60.8 cm³/mol. The second-order valence-electron chi connectivity index (χ2n) is 6.03. The van der Waals surface area contributed by atoms with Crippen LogP contribution in [0.2, 0.25) is 0 Å². The zero-order chi connectivity index (χ0) is 11.5. The molecule has 2 heterocycles. The molecule has 4 atom stereocenters. The molecule has 2 aliphatic heterocycles. The Morgan fingerprint density at radius 1 is 1.13 bits per heavy atom. The van der Waals surface area contributed by atoms with Crippen LogP contribution in [0.4, 0.5) is 0 Å². The summed E-state index contributed by atoms with van der Waals surface area (Å²) >= 11 is 0. The van der Waals surface area contributed by atoms with Crippen LogP contribution in [0.25, 0.3) is 0 Å². The molecule has 86 valence electrons. The Labute approximate surface area is 92.6 Å². The number of rotatable bonds is 1. The minimum Gasteiger partial charge on any atom is -0.363 e. The Kier molecular flexibility index (Phi) is 2.13. The first-order chi connectivity index (χ1) is 6.73. The van der Waals surface area contributed by atoms with Crippen molar-refractivity contribution in [3.63, 3.8) is 0 Å². The number of ether oxygens (including phenoxy) is 2. The summed E-state index contributed by atoms with van der Waals surface area (Å²) in [6, 6.07) is 0. The fraction of sp³-hybridized carbons (Fsp3) is 0.846. The molecule has 0 aromatic heterocycles. The SMILES string of the molecule is CC1C=CC(C(C)(C)C)(C2(C)OC2C)O1. The van der Waals surface area contributed by atoms with Crippen LogP contribution in [0.5, 0.6) is 0 Å². The molecular weight excluding hydrogens is 188 g/mol. The van der Waals surface area contributed by atoms with E-state index in [0.29, 0.717) is 0 Å². The monoisotopic (exact) mass is 210 g/mol. The van der Waals surface area contributed by atoms with Gasteiger partial charge < -0.3 is 9.47 Å². The average Bonchev–Trinajstić information content (AvgIpc) is 2.56. The van der Waals surface area contributed by atoms with Gasteiger partial charge in [-0.2, -0.15) is 0 Å². The third-order valence-corrected chi connectivity index (χ3v) is 3.97. The molecule has 0 aromatic carbocycles. The molecule has 4 unspecified atom stereocenters. The predicted octanol–water partition coefficient (Wildman–Crippen LogP) is 2.92. The van der Waals surface area contributed by atoms with E-state index in [1.807, 2.05) is 0 Å². The highest BCUT2D eigenvalue weighted by Crippen LogP contribution is 2.57. The van der Waals surface area contributed by atoms with Gasteiger partial charge in [0.2, 0.25) is 0 Å². The van der Waals surface area contributed by atoms with Gasteiger partial charge in [-0.05, 0) is 26.2 Å². The van der Waals surface area contributed by atoms with Crippen LogP contribution < -0.4 is 0 Å². The zero-order valence-electron chi connectivity index (χ0n) is 10.6. The lowest BCUT2D eigenvalue weighted by molar-refractivity contribution is -0.126. The van der Waals surface area contributed by atoms with E-state index in [1.165, 1.54) is 0 Å². The normalized spacial score (nSPS) is 49.7. The zero-order valence-corrected chi connectivity index (χ0v) is 10.6. The van der Waals surface area contributed by atoms with Crippen molar-refractivity contribution in [2.45, 2.75) is 65.0 Å². The maximum atomic E-state index is 6.17. The molecule has 2 aliphatic rings. The molecule has 0 aliphatic carbocycles. The van der Waals surface area contributed by atoms with Gasteiger partial charge in [-0.15, -0.1) is 0 Å². The molecule has 0 bridgehead atoms. The maximum absolute atomic E-state index is 6.17. The van der Waals surface area contributed by atoms with Crippen molar-refractivity contribution in [2.24, 2.45) is 5.41 Å². The first-order valence-electron chi connectivity index (χ1n) is 5.78. The molecule has 2 heteroatoms. The van der Waals surface area contributed by atoms with Crippen LogP contribution >= 0.6 is 0 Å². The van der Waals surface area contributed by atoms with Crippen molar-refractivity contribution >= 4 is 0 Å². The van der Waals surface area contributed by atoms with Crippen molar-refractivity contribution in [1.29, 1.82) is 0 Å². The summed E-state index contributed by atoms with van der Waals surface area (Å²) in [6.45, 7) is 13.0. The summed E-state index contributed by atoms with van der Waals surface area (Å²) in [7, 11) is 0. The molecular formula is C13H22O2. The van der Waals surface area contributed by atoms with Gasteiger partial charge in [0.15, 0.2) is 0 Å². The quantitative estimate of drug-likeness (QED) is 0.490. The van der Waals surface area contributed by atoms with E-state index in [1.54, 1.807) is 0 Å². The summed E-state index contributed by atoms with van der Waals surface area (Å²) in [5.41, 5.74) is -0.390. The van der Waals surface area contributed by atoms with Gasteiger partial charge in [0.1, 0.15) is 11.2 Å². The Morgan fingerprint density at radius 2 is 1.67 bits per heavy atom. The smallest absolute Gasteiger partial charge is 0.125 e. The molecule has 0 saturated carbocycles. The Morgan fingerprint density at radius 3 is 1.93 bits per heavy atom. The highest BCUT2D eigenvalue weighted by molar-refractivity contribution is 5.29. The fourth-order valence-corrected chi connectivity index (χ4v) is 2.82. The molecule has 1 saturated heterocycles. The number of hydrogen-bond donors (Lipinski definition) is 0. The third kappa shape index (κ3) is 1.31. The van der Waals surface area contributed by atoms with Crippen LogP contribution in [-0.4, -0.2) is 23.4 Å². The lowest BCUT2D eigenvalue weighted by Crippen LogP contribution is -2.54. The van der Waals surface area contributed by atoms with E-state index in [-0.39, 0.29) is 28.8 Å². The van der Waals surface area contributed by atoms with E-state index in [4.69, 9.17) is 9.47 Å². The maximum Gasteiger partial charge on any atom is 0.125 e. The fourth-order valence-electron chi connectivity index (χ4n) is 2.82. The Balaban J connectivity index is 2.39. The van der Waals surface area contributed by atoms with Crippen molar-refractivity contribution in [2.75, 3.05) is 0 Å². The van der Waals surface area contributed by atoms with Crippen molar-refractivity contribution in [3.8, 4) is 0 Å². The van der Waals surface area contributed by atoms with Crippen LogP contribution in [0.1, 0.15) is 41.5 Å². The highest BCUT2D eigenvalue weighted by Gasteiger charge is 2.69. The highest BCUT2D eigenvalue weighted by atomic mass is 16.6. The van der Waals surface area contributed by atoms with Gasteiger partial charge in [0.05, 0.1) is 12.2 Å². The first kappa shape index (κ1) is 11.2. The number of hydrogen-bond acceptors (Lipinski definition) is 2. The lowest BCUT2D eigenvalue weighted by Gasteiger charge is -2.44. The molecule has 0 radical (unpaired) electrons. The van der Waals surface area contributed by atoms with Crippen molar-refractivity contribution in [3.05, 3.63) is 12.2 Å². The summed E-state index contributed by atoms with van der Waals surface area (Å²) in [5, 5.41) is 0. The van der Waals surface area contributed by atoms with Crippen LogP contribution in [-0.2, 0) is 9.47 Å². The van der Waals surface area contributed by atoms with E-state index in [0.717, 1.165) is 0 Å². The van der Waals surface area contributed by atoms with Gasteiger partial charge in [0.25, 0.3) is 0 Å². The Bertz CT molecular complexity index is 302.